The van der Waals surface area contributed by atoms with Crippen LogP contribution >= 0.6 is 0 Å². The van der Waals surface area contributed by atoms with Crippen molar-refractivity contribution in [1.29, 1.82) is 0 Å². The number of methoxy groups -OCH3 is 1. The van der Waals surface area contributed by atoms with E-state index >= 15 is 0 Å². The van der Waals surface area contributed by atoms with Crippen LogP contribution in [-0.4, -0.2) is 32.3 Å². The van der Waals surface area contributed by atoms with Crippen molar-refractivity contribution in [3.63, 3.8) is 0 Å². The van der Waals surface area contributed by atoms with Gasteiger partial charge in [-0.05, 0) is 18.6 Å². The van der Waals surface area contributed by atoms with Gasteiger partial charge in [-0.1, -0.05) is 57.9 Å². The minimum atomic E-state index is -0.292. The highest BCUT2D eigenvalue weighted by Gasteiger charge is 2.28. The summed E-state index contributed by atoms with van der Waals surface area (Å²) in [4.78, 5) is 33.1. The van der Waals surface area contributed by atoms with Crippen molar-refractivity contribution in [3.05, 3.63) is 45.1 Å². The third kappa shape index (κ3) is 4.56. The van der Waals surface area contributed by atoms with Crippen LogP contribution in [0.4, 0.5) is 11.6 Å². The van der Waals surface area contributed by atoms with Gasteiger partial charge in [-0.25, -0.2) is 4.79 Å². The molecule has 0 spiro atoms. The number of benzene rings is 1. The first kappa shape index (κ1) is 23.1. The van der Waals surface area contributed by atoms with E-state index in [1.807, 2.05) is 28.8 Å². The molecule has 3 heterocycles. The van der Waals surface area contributed by atoms with Crippen LogP contribution in [0.1, 0.15) is 58.3 Å². The minimum Gasteiger partial charge on any atom is -0.497 e. The number of hydrogen-bond acceptors (Lipinski definition) is 5. The highest BCUT2D eigenvalue weighted by molar-refractivity contribution is 5.77. The largest absolute Gasteiger partial charge is 0.497 e. The first-order chi connectivity index (χ1) is 16.1. The molecule has 33 heavy (non-hydrogen) atoms. The Morgan fingerprint density at radius 3 is 2.45 bits per heavy atom. The lowest BCUT2D eigenvalue weighted by Crippen LogP contribution is -2.39. The van der Waals surface area contributed by atoms with Crippen LogP contribution in [-0.2, 0) is 20.1 Å². The van der Waals surface area contributed by atoms with Gasteiger partial charge in [0.1, 0.15) is 5.75 Å². The zero-order valence-corrected chi connectivity index (χ0v) is 20.0. The lowest BCUT2D eigenvalue weighted by atomic mass is 10.1. The summed E-state index contributed by atoms with van der Waals surface area (Å²) in [5.74, 6) is 1.46. The van der Waals surface area contributed by atoms with Crippen molar-refractivity contribution in [2.45, 2.75) is 71.4 Å². The van der Waals surface area contributed by atoms with Crippen LogP contribution < -0.4 is 20.9 Å². The molecular formula is C25H35N5O3. The third-order valence-electron chi connectivity index (χ3n) is 6.60. The van der Waals surface area contributed by atoms with Gasteiger partial charge < -0.3 is 14.2 Å². The lowest BCUT2D eigenvalue weighted by molar-refractivity contribution is 0.415. The number of aryl methyl sites for hydroxylation is 1. The average molecular weight is 454 g/mol. The Hall–Kier alpha value is -3.03. The standard InChI is InChI=1S/C25H35N5O3/c1-4-5-6-7-8-9-10-11-15-30-23(31)21-22(27(2)25(30)32)26-24-28(16-17-29(21)24)19-13-12-14-20(18-19)33-3/h12-14,18H,4-11,15-17H2,1-3H3. The maximum atomic E-state index is 13.4. The predicted molar refractivity (Wildman–Crippen MR) is 132 cm³/mol. The van der Waals surface area contributed by atoms with Gasteiger partial charge in [0.15, 0.2) is 11.2 Å². The van der Waals surface area contributed by atoms with E-state index in [1.54, 1.807) is 14.2 Å². The number of fused-ring (bicyclic) bond motifs is 3. The molecule has 0 aliphatic carbocycles. The first-order valence-corrected chi connectivity index (χ1v) is 12.2. The fraction of sp³-hybridized carbons (Fsp3) is 0.560. The van der Waals surface area contributed by atoms with Gasteiger partial charge in [-0.15, -0.1) is 0 Å². The van der Waals surface area contributed by atoms with Crippen molar-refractivity contribution in [1.82, 2.24) is 18.7 Å². The average Bonchev–Trinajstić information content (AvgIpc) is 3.41. The molecule has 1 aliphatic heterocycles. The van der Waals surface area contributed by atoms with Crippen molar-refractivity contribution < 1.29 is 4.74 Å². The molecule has 8 nitrogen and oxygen atoms in total. The maximum Gasteiger partial charge on any atom is 0.332 e. The molecule has 0 unspecified atom stereocenters. The quantitative estimate of drug-likeness (QED) is 0.407. The number of anilines is 2. The van der Waals surface area contributed by atoms with Gasteiger partial charge in [-0.2, -0.15) is 4.98 Å². The summed E-state index contributed by atoms with van der Waals surface area (Å²) < 4.78 is 10.2. The molecule has 0 radical (unpaired) electrons. The number of hydrogen-bond donors (Lipinski definition) is 0. The fourth-order valence-electron chi connectivity index (χ4n) is 4.70. The second-order valence-electron chi connectivity index (χ2n) is 8.86. The second kappa shape index (κ2) is 10.3. The monoisotopic (exact) mass is 453 g/mol. The molecule has 0 N–H and O–H groups in total. The molecule has 0 saturated heterocycles. The molecule has 2 aromatic heterocycles. The summed E-state index contributed by atoms with van der Waals surface area (Å²) in [6.45, 7) is 4.04. The smallest absolute Gasteiger partial charge is 0.332 e. The van der Waals surface area contributed by atoms with E-state index in [2.05, 4.69) is 11.8 Å². The zero-order valence-electron chi connectivity index (χ0n) is 20.0. The number of imidazole rings is 1. The van der Waals surface area contributed by atoms with E-state index in [4.69, 9.17) is 9.72 Å². The van der Waals surface area contributed by atoms with Crippen molar-refractivity contribution >= 4 is 22.8 Å². The van der Waals surface area contributed by atoms with Crippen LogP contribution in [0.15, 0.2) is 33.9 Å². The molecule has 0 saturated carbocycles. The van der Waals surface area contributed by atoms with Gasteiger partial charge in [0, 0.05) is 38.4 Å². The Bertz CT molecular complexity index is 1220. The highest BCUT2D eigenvalue weighted by Crippen LogP contribution is 2.33. The van der Waals surface area contributed by atoms with Gasteiger partial charge >= 0.3 is 5.69 Å². The van der Waals surface area contributed by atoms with Crippen molar-refractivity contribution in [2.75, 3.05) is 18.6 Å². The predicted octanol–water partition coefficient (Wildman–Crippen LogP) is 4.20. The normalized spacial score (nSPS) is 13.1. The number of aromatic nitrogens is 4. The van der Waals surface area contributed by atoms with Crippen molar-refractivity contribution in [3.8, 4) is 5.75 Å². The van der Waals surface area contributed by atoms with E-state index in [1.165, 1.54) is 41.2 Å². The van der Waals surface area contributed by atoms with E-state index in [0.717, 1.165) is 30.7 Å². The van der Waals surface area contributed by atoms with Crippen molar-refractivity contribution in [2.24, 2.45) is 7.05 Å². The summed E-state index contributed by atoms with van der Waals surface area (Å²) in [6.07, 6.45) is 9.38. The van der Waals surface area contributed by atoms with E-state index < -0.39 is 0 Å². The van der Waals surface area contributed by atoms with Gasteiger partial charge in [0.2, 0.25) is 5.95 Å². The molecule has 0 fully saturated rings. The molecule has 8 heteroatoms. The molecule has 1 aromatic carbocycles. The Kier molecular flexibility index (Phi) is 7.20. The number of rotatable bonds is 11. The fourth-order valence-corrected chi connectivity index (χ4v) is 4.70. The number of nitrogens with zero attached hydrogens (tertiary/aromatic N) is 5. The molecular weight excluding hydrogens is 418 g/mol. The molecule has 4 rings (SSSR count). The van der Waals surface area contributed by atoms with Gasteiger partial charge in [-0.3, -0.25) is 13.9 Å². The Morgan fingerprint density at radius 1 is 1.00 bits per heavy atom. The molecule has 0 atom stereocenters. The summed E-state index contributed by atoms with van der Waals surface area (Å²) in [5.41, 5.74) is 1.38. The van der Waals surface area contributed by atoms with Crippen LogP contribution in [0.2, 0.25) is 0 Å². The van der Waals surface area contributed by atoms with E-state index in [9.17, 15) is 9.59 Å². The van der Waals surface area contributed by atoms with E-state index in [0.29, 0.717) is 36.7 Å². The second-order valence-corrected chi connectivity index (χ2v) is 8.86. The van der Waals surface area contributed by atoms with Crippen LogP contribution in [0, 0.1) is 0 Å². The van der Waals surface area contributed by atoms with Gasteiger partial charge in [0.25, 0.3) is 5.56 Å². The maximum absolute atomic E-state index is 13.4. The Labute approximate surface area is 194 Å². The highest BCUT2D eigenvalue weighted by atomic mass is 16.5. The summed E-state index contributed by atoms with van der Waals surface area (Å²) in [6, 6.07) is 7.79. The van der Waals surface area contributed by atoms with Crippen LogP contribution in [0.3, 0.4) is 0 Å². The number of unbranched alkanes of at least 4 members (excludes halogenated alkanes) is 7. The topological polar surface area (TPSA) is 74.3 Å². The van der Waals surface area contributed by atoms with Crippen LogP contribution in [0.25, 0.3) is 11.2 Å². The summed E-state index contributed by atoms with van der Waals surface area (Å²) in [7, 11) is 3.34. The van der Waals surface area contributed by atoms with E-state index in [-0.39, 0.29) is 11.2 Å². The van der Waals surface area contributed by atoms with Gasteiger partial charge in [0.05, 0.1) is 7.11 Å². The Balaban J connectivity index is 1.56. The Morgan fingerprint density at radius 2 is 1.73 bits per heavy atom. The first-order valence-electron chi connectivity index (χ1n) is 12.2. The number of ether oxygens (including phenoxy) is 1. The van der Waals surface area contributed by atoms with Crippen LogP contribution in [0.5, 0.6) is 5.75 Å². The summed E-state index contributed by atoms with van der Waals surface area (Å²) in [5, 5.41) is 0. The molecule has 3 aromatic rings. The molecule has 0 amide bonds. The SMILES string of the molecule is CCCCCCCCCCn1c(=O)c2c(nc3n2CCN3c2cccc(OC)c2)n(C)c1=O. The lowest BCUT2D eigenvalue weighted by Gasteiger charge is -2.16. The minimum absolute atomic E-state index is 0.234. The molecule has 1 aliphatic rings. The third-order valence-corrected chi connectivity index (χ3v) is 6.60. The zero-order chi connectivity index (χ0) is 23.4. The summed E-state index contributed by atoms with van der Waals surface area (Å²) >= 11 is 0. The molecule has 178 valence electrons. The molecule has 0 bridgehead atoms.